The summed E-state index contributed by atoms with van der Waals surface area (Å²) >= 11 is 0. The van der Waals surface area contributed by atoms with Crippen molar-refractivity contribution in [3.8, 4) is 0 Å². The van der Waals surface area contributed by atoms with Gasteiger partial charge in [-0.1, -0.05) is 44.7 Å². The maximum atomic E-state index is 11.3. The van der Waals surface area contributed by atoms with Crippen molar-refractivity contribution in [2.75, 3.05) is 0 Å². The van der Waals surface area contributed by atoms with E-state index in [9.17, 15) is 4.79 Å². The molecular weight excluding hydrogens is 250 g/mol. The summed E-state index contributed by atoms with van der Waals surface area (Å²) in [5.41, 5.74) is 7.29. The van der Waals surface area contributed by atoms with E-state index in [0.717, 1.165) is 29.7 Å². The van der Waals surface area contributed by atoms with Crippen molar-refractivity contribution < 1.29 is 4.79 Å². The molecule has 20 heavy (non-hydrogen) atoms. The van der Waals surface area contributed by atoms with Gasteiger partial charge in [-0.15, -0.1) is 0 Å². The monoisotopic (exact) mass is 273 g/mol. The quantitative estimate of drug-likeness (QED) is 0.751. The predicted molar refractivity (Wildman–Crippen MR) is 81.4 cm³/mol. The van der Waals surface area contributed by atoms with Gasteiger partial charge in [-0.3, -0.25) is 4.79 Å². The van der Waals surface area contributed by atoms with Crippen molar-refractivity contribution in [3.63, 3.8) is 0 Å². The van der Waals surface area contributed by atoms with Crippen molar-refractivity contribution in [2.45, 2.75) is 52.0 Å². The minimum atomic E-state index is -0.319. The summed E-state index contributed by atoms with van der Waals surface area (Å²) in [5.74, 6) is 0.655. The number of benzene rings is 1. The number of para-hydroxylation sites is 2. The Labute approximate surface area is 120 Å². The predicted octanol–water partition coefficient (Wildman–Crippen LogP) is 3.03. The highest BCUT2D eigenvalue weighted by atomic mass is 16.1. The van der Waals surface area contributed by atoms with E-state index in [0.29, 0.717) is 0 Å². The van der Waals surface area contributed by atoms with E-state index in [1.807, 2.05) is 28.8 Å². The van der Waals surface area contributed by atoms with E-state index in [1.54, 1.807) is 0 Å². The molecule has 1 aromatic carbocycles. The van der Waals surface area contributed by atoms with Crippen LogP contribution in [0.2, 0.25) is 0 Å². The van der Waals surface area contributed by atoms with Crippen LogP contribution in [0.15, 0.2) is 24.3 Å². The summed E-state index contributed by atoms with van der Waals surface area (Å²) in [5, 5.41) is 0. The number of nitrogens with zero attached hydrogens (tertiary/aromatic N) is 2. The van der Waals surface area contributed by atoms with Gasteiger partial charge in [0.1, 0.15) is 12.4 Å². The summed E-state index contributed by atoms with van der Waals surface area (Å²) in [7, 11) is 0. The highest BCUT2D eigenvalue weighted by Gasteiger charge is 2.11. The van der Waals surface area contributed by atoms with E-state index < -0.39 is 0 Å². The van der Waals surface area contributed by atoms with Crippen molar-refractivity contribution in [1.29, 1.82) is 0 Å². The lowest BCUT2D eigenvalue weighted by molar-refractivity contribution is -0.118. The third-order valence-corrected chi connectivity index (χ3v) is 3.55. The van der Waals surface area contributed by atoms with Crippen LogP contribution < -0.4 is 5.73 Å². The smallest absolute Gasteiger partial charge is 0.237 e. The van der Waals surface area contributed by atoms with Gasteiger partial charge < -0.3 is 10.3 Å². The molecule has 0 radical (unpaired) electrons. The molecule has 0 saturated heterocycles. The number of nitrogens with two attached hydrogens (primary N) is 1. The molecule has 0 unspecified atom stereocenters. The van der Waals surface area contributed by atoms with Gasteiger partial charge in [0.2, 0.25) is 5.91 Å². The van der Waals surface area contributed by atoms with Crippen LogP contribution in [0.4, 0.5) is 0 Å². The summed E-state index contributed by atoms with van der Waals surface area (Å²) in [6, 6.07) is 7.90. The van der Waals surface area contributed by atoms with Crippen LogP contribution in [0.1, 0.15) is 44.9 Å². The zero-order valence-corrected chi connectivity index (χ0v) is 12.1. The first kappa shape index (κ1) is 14.6. The maximum Gasteiger partial charge on any atom is 0.237 e. The van der Waals surface area contributed by atoms with Crippen LogP contribution in [0.25, 0.3) is 11.0 Å². The molecule has 0 bridgehead atoms. The van der Waals surface area contributed by atoms with Crippen LogP contribution in [0, 0.1) is 0 Å². The number of amides is 1. The van der Waals surface area contributed by atoms with Gasteiger partial charge >= 0.3 is 0 Å². The Bertz CT molecular complexity index is 574. The molecule has 0 fully saturated rings. The molecule has 2 N–H and O–H groups in total. The zero-order chi connectivity index (χ0) is 14.4. The molecule has 1 aromatic heterocycles. The molecule has 0 saturated carbocycles. The van der Waals surface area contributed by atoms with Gasteiger partial charge in [0.15, 0.2) is 0 Å². The molecule has 1 amide bonds. The maximum absolute atomic E-state index is 11.3. The van der Waals surface area contributed by atoms with Crippen LogP contribution in [0.3, 0.4) is 0 Å². The molecule has 4 nitrogen and oxygen atoms in total. The van der Waals surface area contributed by atoms with E-state index >= 15 is 0 Å². The number of primary amides is 1. The minimum absolute atomic E-state index is 0.213. The molecule has 2 aromatic rings. The van der Waals surface area contributed by atoms with E-state index in [1.165, 1.54) is 25.7 Å². The summed E-state index contributed by atoms with van der Waals surface area (Å²) in [6.07, 6.45) is 7.05. The molecule has 1 heterocycles. The first-order valence-corrected chi connectivity index (χ1v) is 7.45. The Morgan fingerprint density at radius 2 is 1.95 bits per heavy atom. The molecule has 2 rings (SSSR count). The van der Waals surface area contributed by atoms with E-state index in [-0.39, 0.29) is 12.5 Å². The Kier molecular flexibility index (Phi) is 5.16. The molecule has 0 atom stereocenters. The number of fused-ring (bicyclic) bond motifs is 1. The number of hydrogen-bond acceptors (Lipinski definition) is 2. The molecule has 4 heteroatoms. The normalized spacial score (nSPS) is 11.1. The second kappa shape index (κ2) is 7.08. The van der Waals surface area contributed by atoms with Crippen molar-refractivity contribution in [1.82, 2.24) is 9.55 Å². The Balaban J connectivity index is 2.12. The number of carbonyl (C=O) groups is 1. The largest absolute Gasteiger partial charge is 0.368 e. The average Bonchev–Trinajstić information content (AvgIpc) is 2.76. The fourth-order valence-corrected chi connectivity index (χ4v) is 2.54. The van der Waals surface area contributed by atoms with Gasteiger partial charge in [0.05, 0.1) is 11.0 Å². The standard InChI is InChI=1S/C16H23N3O/c1-2-3-4-5-6-11-16-18-13-9-7-8-10-14(13)19(16)12-15(17)20/h7-10H,2-6,11-12H2,1H3,(H2,17,20). The lowest BCUT2D eigenvalue weighted by Gasteiger charge is -2.06. The second-order valence-electron chi connectivity index (χ2n) is 5.23. The average molecular weight is 273 g/mol. The van der Waals surface area contributed by atoms with E-state index in [2.05, 4.69) is 11.9 Å². The van der Waals surface area contributed by atoms with Gasteiger partial charge in [-0.05, 0) is 18.6 Å². The number of imidazole rings is 1. The molecule has 0 aliphatic carbocycles. The Hall–Kier alpha value is -1.84. The fourth-order valence-electron chi connectivity index (χ4n) is 2.54. The number of aromatic nitrogens is 2. The van der Waals surface area contributed by atoms with Gasteiger partial charge in [0.25, 0.3) is 0 Å². The third kappa shape index (κ3) is 3.59. The van der Waals surface area contributed by atoms with Crippen LogP contribution in [-0.2, 0) is 17.8 Å². The summed E-state index contributed by atoms with van der Waals surface area (Å²) in [4.78, 5) is 15.9. The topological polar surface area (TPSA) is 60.9 Å². The summed E-state index contributed by atoms with van der Waals surface area (Å²) in [6.45, 7) is 2.43. The van der Waals surface area contributed by atoms with Crippen molar-refractivity contribution in [3.05, 3.63) is 30.1 Å². The first-order chi connectivity index (χ1) is 9.72. The summed E-state index contributed by atoms with van der Waals surface area (Å²) < 4.78 is 1.96. The van der Waals surface area contributed by atoms with Crippen molar-refractivity contribution >= 4 is 16.9 Å². The first-order valence-electron chi connectivity index (χ1n) is 7.45. The molecular formula is C16H23N3O. The van der Waals surface area contributed by atoms with Gasteiger partial charge in [-0.2, -0.15) is 0 Å². The molecule has 0 spiro atoms. The molecule has 0 aliphatic heterocycles. The Morgan fingerprint density at radius 3 is 2.70 bits per heavy atom. The van der Waals surface area contributed by atoms with Gasteiger partial charge in [0, 0.05) is 6.42 Å². The fraction of sp³-hybridized carbons (Fsp3) is 0.500. The lowest BCUT2D eigenvalue weighted by atomic mass is 10.1. The zero-order valence-electron chi connectivity index (χ0n) is 12.1. The van der Waals surface area contributed by atoms with Crippen LogP contribution in [-0.4, -0.2) is 15.5 Å². The second-order valence-corrected chi connectivity index (χ2v) is 5.23. The van der Waals surface area contributed by atoms with Crippen LogP contribution >= 0.6 is 0 Å². The molecule has 0 aliphatic rings. The number of aryl methyl sites for hydroxylation is 1. The highest BCUT2D eigenvalue weighted by molar-refractivity contribution is 5.80. The number of rotatable bonds is 8. The minimum Gasteiger partial charge on any atom is -0.368 e. The third-order valence-electron chi connectivity index (χ3n) is 3.55. The SMILES string of the molecule is CCCCCCCc1nc2ccccc2n1CC(N)=O. The molecule has 108 valence electrons. The van der Waals surface area contributed by atoms with Gasteiger partial charge in [-0.25, -0.2) is 4.98 Å². The number of hydrogen-bond donors (Lipinski definition) is 1. The lowest BCUT2D eigenvalue weighted by Crippen LogP contribution is -2.20. The van der Waals surface area contributed by atoms with Crippen LogP contribution in [0.5, 0.6) is 0 Å². The van der Waals surface area contributed by atoms with E-state index in [4.69, 9.17) is 5.73 Å². The Morgan fingerprint density at radius 1 is 1.20 bits per heavy atom. The number of carbonyl (C=O) groups excluding carboxylic acids is 1. The number of unbranched alkanes of at least 4 members (excludes halogenated alkanes) is 4. The van der Waals surface area contributed by atoms with Crippen molar-refractivity contribution in [2.24, 2.45) is 5.73 Å². The highest BCUT2D eigenvalue weighted by Crippen LogP contribution is 2.18.